The van der Waals surface area contributed by atoms with Crippen LogP contribution in [-0.2, 0) is 4.79 Å². The van der Waals surface area contributed by atoms with Gasteiger partial charge in [0.1, 0.15) is 5.75 Å². The van der Waals surface area contributed by atoms with Crippen molar-refractivity contribution in [1.82, 2.24) is 5.32 Å². The molecule has 0 saturated heterocycles. The maximum Gasteiger partial charge on any atom is 0.223 e. The minimum atomic E-state index is -0.569. The van der Waals surface area contributed by atoms with E-state index in [2.05, 4.69) is 5.32 Å². The van der Waals surface area contributed by atoms with Gasteiger partial charge in [-0.2, -0.15) is 0 Å². The highest BCUT2D eigenvalue weighted by molar-refractivity contribution is 5.83. The highest BCUT2D eigenvalue weighted by atomic mass is 16.5. The van der Waals surface area contributed by atoms with Crippen LogP contribution >= 0.6 is 0 Å². The molecular formula is C21H25NO3. The summed E-state index contributed by atoms with van der Waals surface area (Å²) in [6.07, 6.45) is 0.780. The molecule has 0 aromatic heterocycles. The third-order valence-corrected chi connectivity index (χ3v) is 4.82. The summed E-state index contributed by atoms with van der Waals surface area (Å²) in [6, 6.07) is 17.3. The summed E-state index contributed by atoms with van der Waals surface area (Å²) in [4.78, 5) is 12.5. The van der Waals surface area contributed by atoms with E-state index >= 15 is 0 Å². The molecule has 1 amide bonds. The van der Waals surface area contributed by atoms with Gasteiger partial charge in [-0.25, -0.2) is 0 Å². The molecule has 4 heteroatoms. The Morgan fingerprint density at radius 3 is 2.60 bits per heavy atom. The van der Waals surface area contributed by atoms with E-state index in [4.69, 9.17) is 4.74 Å². The van der Waals surface area contributed by atoms with Gasteiger partial charge in [0.15, 0.2) is 0 Å². The number of benzene rings is 2. The summed E-state index contributed by atoms with van der Waals surface area (Å²) >= 11 is 0. The number of aliphatic hydroxyl groups is 1. The number of hydrogen-bond acceptors (Lipinski definition) is 3. The first-order valence-electron chi connectivity index (χ1n) is 8.76. The topological polar surface area (TPSA) is 58.6 Å². The van der Waals surface area contributed by atoms with Crippen LogP contribution in [0.4, 0.5) is 0 Å². The maximum absolute atomic E-state index is 12.5. The summed E-state index contributed by atoms with van der Waals surface area (Å²) in [5.74, 6) is 1.12. The Bertz CT molecular complexity index is 716. The van der Waals surface area contributed by atoms with Crippen LogP contribution in [0, 0.1) is 5.92 Å². The van der Waals surface area contributed by atoms with Crippen LogP contribution in [0.5, 0.6) is 5.75 Å². The molecule has 4 unspecified atom stereocenters. The molecule has 4 atom stereocenters. The van der Waals surface area contributed by atoms with Gasteiger partial charge < -0.3 is 15.2 Å². The Kier molecular flexibility index (Phi) is 5.39. The number of aliphatic hydroxyl groups excluding tert-OH is 1. The zero-order chi connectivity index (χ0) is 17.8. The molecular weight excluding hydrogens is 314 g/mol. The molecule has 2 aromatic rings. The number of hydrogen-bond donors (Lipinski definition) is 2. The second kappa shape index (κ2) is 7.70. The first-order valence-corrected chi connectivity index (χ1v) is 8.76. The summed E-state index contributed by atoms with van der Waals surface area (Å²) in [5.41, 5.74) is 1.98. The predicted molar refractivity (Wildman–Crippen MR) is 97.5 cm³/mol. The number of amides is 1. The SMILES string of the molecule is COc1ccccc1C1CC1C(=O)NC(C)CC(O)c1ccccc1. The molecule has 1 aliphatic rings. The number of nitrogens with one attached hydrogen (secondary N) is 1. The zero-order valence-corrected chi connectivity index (χ0v) is 14.7. The minimum absolute atomic E-state index is 0.00684. The fraction of sp³-hybridized carbons (Fsp3) is 0.381. The molecule has 3 rings (SSSR count). The van der Waals surface area contributed by atoms with Crippen LogP contribution in [0.15, 0.2) is 54.6 Å². The molecule has 1 saturated carbocycles. The predicted octanol–water partition coefficient (Wildman–Crippen LogP) is 3.43. The second-order valence-corrected chi connectivity index (χ2v) is 6.76. The van der Waals surface area contributed by atoms with Gasteiger partial charge >= 0.3 is 0 Å². The quantitative estimate of drug-likeness (QED) is 0.812. The lowest BCUT2D eigenvalue weighted by Gasteiger charge is -2.18. The molecule has 132 valence electrons. The number of ether oxygens (including phenoxy) is 1. The van der Waals surface area contributed by atoms with E-state index < -0.39 is 6.10 Å². The van der Waals surface area contributed by atoms with Crippen LogP contribution in [0.25, 0.3) is 0 Å². The largest absolute Gasteiger partial charge is 0.496 e. The molecule has 2 N–H and O–H groups in total. The Balaban J connectivity index is 1.53. The van der Waals surface area contributed by atoms with Crippen LogP contribution in [0.1, 0.15) is 42.9 Å². The maximum atomic E-state index is 12.5. The highest BCUT2D eigenvalue weighted by Crippen LogP contribution is 2.50. The van der Waals surface area contributed by atoms with Crippen LogP contribution in [0.2, 0.25) is 0 Å². The van der Waals surface area contributed by atoms with Crippen LogP contribution in [0.3, 0.4) is 0 Å². The molecule has 0 bridgehead atoms. The molecule has 0 aliphatic heterocycles. The molecule has 1 fully saturated rings. The summed E-state index contributed by atoms with van der Waals surface area (Å²) < 4.78 is 5.39. The number of para-hydroxylation sites is 1. The van der Waals surface area contributed by atoms with Gasteiger partial charge in [-0.1, -0.05) is 48.5 Å². The van der Waals surface area contributed by atoms with E-state index in [-0.39, 0.29) is 23.8 Å². The standard InChI is InChI=1S/C21H25NO3/c1-14(12-19(23)15-8-4-3-5-9-15)22-21(24)18-13-17(18)16-10-6-7-11-20(16)25-2/h3-11,14,17-19,23H,12-13H2,1-2H3,(H,22,24). The number of carbonyl (C=O) groups is 1. The molecule has 2 aromatic carbocycles. The average Bonchev–Trinajstić information content (AvgIpc) is 3.43. The second-order valence-electron chi connectivity index (χ2n) is 6.76. The van der Waals surface area contributed by atoms with Crippen molar-refractivity contribution in [2.75, 3.05) is 7.11 Å². The van der Waals surface area contributed by atoms with Crippen LogP contribution < -0.4 is 10.1 Å². The van der Waals surface area contributed by atoms with E-state index in [1.165, 1.54) is 0 Å². The first-order chi connectivity index (χ1) is 12.1. The van der Waals surface area contributed by atoms with Crippen molar-refractivity contribution in [1.29, 1.82) is 0 Å². The minimum Gasteiger partial charge on any atom is -0.496 e. The number of rotatable bonds is 7. The van der Waals surface area contributed by atoms with Gasteiger partial charge in [0.25, 0.3) is 0 Å². The smallest absolute Gasteiger partial charge is 0.223 e. The Morgan fingerprint density at radius 1 is 1.20 bits per heavy atom. The van der Waals surface area contributed by atoms with Crippen molar-refractivity contribution in [3.8, 4) is 5.75 Å². The van der Waals surface area contributed by atoms with Crippen molar-refractivity contribution in [3.63, 3.8) is 0 Å². The van der Waals surface area contributed by atoms with Gasteiger partial charge in [-0.3, -0.25) is 4.79 Å². The van der Waals surface area contributed by atoms with Gasteiger partial charge in [0.05, 0.1) is 13.2 Å². The van der Waals surface area contributed by atoms with Gasteiger partial charge in [-0.05, 0) is 42.9 Å². The summed E-state index contributed by atoms with van der Waals surface area (Å²) in [6.45, 7) is 1.94. The lowest BCUT2D eigenvalue weighted by atomic mass is 10.0. The monoisotopic (exact) mass is 339 g/mol. The molecule has 0 heterocycles. The van der Waals surface area contributed by atoms with Crippen molar-refractivity contribution in [2.45, 2.75) is 37.8 Å². The lowest BCUT2D eigenvalue weighted by molar-refractivity contribution is -0.123. The first kappa shape index (κ1) is 17.5. The molecule has 1 aliphatic carbocycles. The lowest BCUT2D eigenvalue weighted by Crippen LogP contribution is -2.35. The van der Waals surface area contributed by atoms with E-state index in [9.17, 15) is 9.90 Å². The average molecular weight is 339 g/mol. The van der Waals surface area contributed by atoms with E-state index in [0.717, 1.165) is 23.3 Å². The number of carbonyl (C=O) groups excluding carboxylic acids is 1. The Labute approximate surface area is 148 Å². The van der Waals surface area contributed by atoms with Crippen molar-refractivity contribution < 1.29 is 14.6 Å². The molecule has 0 radical (unpaired) electrons. The van der Waals surface area contributed by atoms with E-state index in [1.807, 2.05) is 61.5 Å². The van der Waals surface area contributed by atoms with Crippen LogP contribution in [-0.4, -0.2) is 24.2 Å². The van der Waals surface area contributed by atoms with Crippen molar-refractivity contribution in [2.24, 2.45) is 5.92 Å². The van der Waals surface area contributed by atoms with Crippen molar-refractivity contribution >= 4 is 5.91 Å². The fourth-order valence-electron chi connectivity index (χ4n) is 3.36. The number of methoxy groups -OCH3 is 1. The normalized spacial score (nSPS) is 21.2. The Morgan fingerprint density at radius 2 is 1.88 bits per heavy atom. The molecule has 4 nitrogen and oxygen atoms in total. The van der Waals surface area contributed by atoms with Gasteiger partial charge in [-0.15, -0.1) is 0 Å². The Hall–Kier alpha value is -2.33. The molecule has 0 spiro atoms. The van der Waals surface area contributed by atoms with Gasteiger partial charge in [0.2, 0.25) is 5.91 Å². The van der Waals surface area contributed by atoms with E-state index in [0.29, 0.717) is 6.42 Å². The van der Waals surface area contributed by atoms with Gasteiger partial charge in [0, 0.05) is 12.0 Å². The fourth-order valence-corrected chi connectivity index (χ4v) is 3.36. The van der Waals surface area contributed by atoms with E-state index in [1.54, 1.807) is 7.11 Å². The third-order valence-electron chi connectivity index (χ3n) is 4.82. The zero-order valence-electron chi connectivity index (χ0n) is 14.7. The summed E-state index contributed by atoms with van der Waals surface area (Å²) in [5, 5.41) is 13.3. The summed E-state index contributed by atoms with van der Waals surface area (Å²) in [7, 11) is 1.66. The third kappa shape index (κ3) is 4.20. The highest BCUT2D eigenvalue weighted by Gasteiger charge is 2.45. The van der Waals surface area contributed by atoms with Crippen molar-refractivity contribution in [3.05, 3.63) is 65.7 Å². The molecule has 25 heavy (non-hydrogen) atoms.